The van der Waals surface area contributed by atoms with Crippen molar-refractivity contribution in [2.45, 2.75) is 25.8 Å². The molecule has 1 aliphatic rings. The number of benzene rings is 2. The molecule has 3 N–H and O–H groups in total. The fraction of sp³-hybridized carbons (Fsp3) is 0.238. The van der Waals surface area contributed by atoms with Gasteiger partial charge in [0.25, 0.3) is 0 Å². The van der Waals surface area contributed by atoms with Gasteiger partial charge in [0.05, 0.1) is 25.0 Å². The minimum atomic E-state index is 0.395. The van der Waals surface area contributed by atoms with Crippen LogP contribution in [-0.2, 0) is 19.4 Å². The summed E-state index contributed by atoms with van der Waals surface area (Å²) in [6.45, 7) is 0.424. The number of methoxy groups -OCH3 is 1. The van der Waals surface area contributed by atoms with Crippen molar-refractivity contribution in [3.8, 4) is 11.4 Å². The van der Waals surface area contributed by atoms with Gasteiger partial charge in [0, 0.05) is 11.9 Å². The van der Waals surface area contributed by atoms with Gasteiger partial charge in [0.15, 0.2) is 5.96 Å². The van der Waals surface area contributed by atoms with Crippen molar-refractivity contribution in [2.24, 2.45) is 10.7 Å². The maximum Gasteiger partial charge on any atom is 0.193 e. The maximum absolute atomic E-state index is 6.04. The van der Waals surface area contributed by atoms with Crippen LogP contribution in [0.15, 0.2) is 59.7 Å². The summed E-state index contributed by atoms with van der Waals surface area (Å²) in [6, 6.07) is 16.1. The van der Waals surface area contributed by atoms with Gasteiger partial charge in [-0.2, -0.15) is 5.10 Å². The van der Waals surface area contributed by atoms with Crippen molar-refractivity contribution in [1.82, 2.24) is 9.78 Å². The zero-order valence-electron chi connectivity index (χ0n) is 15.4. The van der Waals surface area contributed by atoms with E-state index in [0.29, 0.717) is 12.5 Å². The van der Waals surface area contributed by atoms with E-state index in [-0.39, 0.29) is 0 Å². The number of aryl methyl sites for hydroxylation is 2. The summed E-state index contributed by atoms with van der Waals surface area (Å²) in [4.78, 5) is 4.41. The smallest absolute Gasteiger partial charge is 0.193 e. The number of nitrogens with one attached hydrogen (secondary N) is 1. The van der Waals surface area contributed by atoms with Crippen LogP contribution >= 0.6 is 0 Å². The van der Waals surface area contributed by atoms with Crippen LogP contribution in [0.1, 0.15) is 23.2 Å². The van der Waals surface area contributed by atoms with Crippen LogP contribution in [0.5, 0.6) is 5.75 Å². The molecule has 0 radical (unpaired) electrons. The van der Waals surface area contributed by atoms with Crippen LogP contribution in [-0.4, -0.2) is 22.8 Å². The molecule has 0 spiro atoms. The molecule has 0 saturated carbocycles. The first-order valence-electron chi connectivity index (χ1n) is 9.09. The molecule has 138 valence electrons. The summed E-state index contributed by atoms with van der Waals surface area (Å²) in [5, 5.41) is 7.72. The van der Waals surface area contributed by atoms with Crippen LogP contribution in [0.4, 0.5) is 5.69 Å². The lowest BCUT2D eigenvalue weighted by molar-refractivity contribution is 0.414. The third-order valence-electron chi connectivity index (χ3n) is 4.76. The first-order valence-corrected chi connectivity index (χ1v) is 9.09. The molecule has 0 atom stereocenters. The monoisotopic (exact) mass is 361 g/mol. The Kier molecular flexibility index (Phi) is 4.78. The van der Waals surface area contributed by atoms with Gasteiger partial charge in [-0.3, -0.25) is 0 Å². The Bertz CT molecular complexity index is 959. The Hall–Kier alpha value is -3.28. The highest BCUT2D eigenvalue weighted by Gasteiger charge is 2.11. The second kappa shape index (κ2) is 7.53. The van der Waals surface area contributed by atoms with E-state index in [1.807, 2.05) is 41.2 Å². The van der Waals surface area contributed by atoms with Crippen LogP contribution in [0.2, 0.25) is 0 Å². The predicted octanol–water partition coefficient (Wildman–Crippen LogP) is 3.30. The third kappa shape index (κ3) is 3.95. The van der Waals surface area contributed by atoms with E-state index in [1.54, 1.807) is 7.11 Å². The highest BCUT2D eigenvalue weighted by molar-refractivity contribution is 5.92. The highest BCUT2D eigenvalue weighted by atomic mass is 16.5. The van der Waals surface area contributed by atoms with Gasteiger partial charge >= 0.3 is 0 Å². The molecule has 0 fully saturated rings. The number of fused-ring (bicyclic) bond motifs is 1. The van der Waals surface area contributed by atoms with E-state index in [0.717, 1.165) is 29.2 Å². The fourth-order valence-electron chi connectivity index (χ4n) is 3.33. The second-order valence-corrected chi connectivity index (χ2v) is 6.61. The molecule has 6 heteroatoms. The molecule has 27 heavy (non-hydrogen) atoms. The minimum Gasteiger partial charge on any atom is -0.497 e. The van der Waals surface area contributed by atoms with E-state index in [2.05, 4.69) is 33.6 Å². The number of aliphatic imine (C=N–C) groups is 1. The standard InChI is InChI=1S/C21H23N5O/c1-27-20-9-7-19(8-10-20)26-12-11-18(25-26)14-23-21(22)24-17-6-5-15-3-2-4-16(15)13-17/h5-13H,2-4,14H2,1H3,(H3,22,23,24). The number of anilines is 1. The summed E-state index contributed by atoms with van der Waals surface area (Å²) in [5.74, 6) is 1.22. The van der Waals surface area contributed by atoms with Gasteiger partial charge in [-0.25, -0.2) is 9.67 Å². The molecule has 0 saturated heterocycles. The quantitative estimate of drug-likeness (QED) is 0.540. The van der Waals surface area contributed by atoms with E-state index in [1.165, 1.54) is 24.0 Å². The lowest BCUT2D eigenvalue weighted by Gasteiger charge is -2.07. The summed E-state index contributed by atoms with van der Waals surface area (Å²) >= 11 is 0. The summed E-state index contributed by atoms with van der Waals surface area (Å²) < 4.78 is 6.99. The molecule has 0 amide bonds. The lowest BCUT2D eigenvalue weighted by atomic mass is 10.1. The number of hydrogen-bond acceptors (Lipinski definition) is 3. The molecule has 3 aromatic rings. The predicted molar refractivity (Wildman–Crippen MR) is 108 cm³/mol. The largest absolute Gasteiger partial charge is 0.497 e. The topological polar surface area (TPSA) is 77.5 Å². The Labute approximate surface area is 158 Å². The number of guanidine groups is 1. The Balaban J connectivity index is 1.39. The van der Waals surface area contributed by atoms with Crippen LogP contribution < -0.4 is 15.8 Å². The Morgan fingerprint density at radius 1 is 1.15 bits per heavy atom. The van der Waals surface area contributed by atoms with Gasteiger partial charge in [0.1, 0.15) is 5.75 Å². The summed E-state index contributed by atoms with van der Waals surface area (Å²) in [7, 11) is 1.65. The zero-order chi connectivity index (χ0) is 18.6. The molecule has 4 rings (SSSR count). The van der Waals surface area contributed by atoms with E-state index >= 15 is 0 Å². The molecule has 0 unspecified atom stereocenters. The molecule has 1 aromatic heterocycles. The molecule has 1 aliphatic carbocycles. The van der Waals surface area contributed by atoms with Crippen LogP contribution in [0.25, 0.3) is 5.69 Å². The number of aromatic nitrogens is 2. The summed E-state index contributed by atoms with van der Waals surface area (Å²) in [6.07, 6.45) is 5.47. The van der Waals surface area contributed by atoms with Gasteiger partial charge in [-0.1, -0.05) is 6.07 Å². The SMILES string of the molecule is COc1ccc(-n2ccc(CN=C(N)Nc3ccc4c(c3)CCC4)n2)cc1. The molecule has 0 bridgehead atoms. The number of hydrogen-bond donors (Lipinski definition) is 2. The fourth-order valence-corrected chi connectivity index (χ4v) is 3.33. The van der Waals surface area contributed by atoms with Crippen molar-refractivity contribution in [3.63, 3.8) is 0 Å². The summed E-state index contributed by atoms with van der Waals surface area (Å²) in [5.41, 5.74) is 11.7. The number of nitrogens with two attached hydrogens (primary N) is 1. The van der Waals surface area contributed by atoms with Gasteiger partial charge in [0.2, 0.25) is 0 Å². The van der Waals surface area contributed by atoms with Gasteiger partial charge < -0.3 is 15.8 Å². The van der Waals surface area contributed by atoms with Crippen LogP contribution in [0, 0.1) is 0 Å². The lowest BCUT2D eigenvalue weighted by Crippen LogP contribution is -2.22. The maximum atomic E-state index is 6.04. The average molecular weight is 361 g/mol. The number of rotatable bonds is 5. The molecule has 2 aromatic carbocycles. The Morgan fingerprint density at radius 3 is 2.78 bits per heavy atom. The number of ether oxygens (including phenoxy) is 1. The van der Waals surface area contributed by atoms with Gasteiger partial charge in [-0.15, -0.1) is 0 Å². The van der Waals surface area contributed by atoms with Crippen molar-refractivity contribution in [1.29, 1.82) is 0 Å². The van der Waals surface area contributed by atoms with Crippen molar-refractivity contribution in [2.75, 3.05) is 12.4 Å². The molecule has 1 heterocycles. The zero-order valence-corrected chi connectivity index (χ0v) is 15.4. The van der Waals surface area contributed by atoms with Crippen molar-refractivity contribution < 1.29 is 4.74 Å². The van der Waals surface area contributed by atoms with E-state index in [9.17, 15) is 0 Å². The Morgan fingerprint density at radius 2 is 1.96 bits per heavy atom. The number of nitrogens with zero attached hydrogens (tertiary/aromatic N) is 3. The van der Waals surface area contributed by atoms with Crippen molar-refractivity contribution >= 4 is 11.6 Å². The normalized spacial score (nSPS) is 13.4. The van der Waals surface area contributed by atoms with Crippen LogP contribution in [0.3, 0.4) is 0 Å². The molecule has 6 nitrogen and oxygen atoms in total. The van der Waals surface area contributed by atoms with E-state index in [4.69, 9.17) is 10.5 Å². The third-order valence-corrected chi connectivity index (χ3v) is 4.76. The minimum absolute atomic E-state index is 0.395. The first-order chi connectivity index (χ1) is 13.2. The average Bonchev–Trinajstić information content (AvgIpc) is 3.35. The highest BCUT2D eigenvalue weighted by Crippen LogP contribution is 2.24. The second-order valence-electron chi connectivity index (χ2n) is 6.61. The molecular weight excluding hydrogens is 338 g/mol. The van der Waals surface area contributed by atoms with Crippen molar-refractivity contribution in [3.05, 3.63) is 71.5 Å². The van der Waals surface area contributed by atoms with Gasteiger partial charge in [-0.05, 0) is 72.9 Å². The van der Waals surface area contributed by atoms with E-state index < -0.39 is 0 Å². The first kappa shape index (κ1) is 17.1. The molecular formula is C21H23N5O. The molecule has 0 aliphatic heterocycles.